The Balaban J connectivity index is 1.49. The number of carbonyl (C=O) groups is 1. The Bertz CT molecular complexity index is 1190. The summed E-state index contributed by atoms with van der Waals surface area (Å²) >= 11 is 0. The van der Waals surface area contributed by atoms with E-state index >= 15 is 0 Å². The summed E-state index contributed by atoms with van der Waals surface area (Å²) in [6.45, 7) is 3.75. The van der Waals surface area contributed by atoms with Crippen LogP contribution in [-0.2, 0) is 20.8 Å². The molecule has 1 amide bonds. The lowest BCUT2D eigenvalue weighted by molar-refractivity contribution is 0.0615. The molecule has 0 saturated carbocycles. The molecule has 3 atom stereocenters. The van der Waals surface area contributed by atoms with Crippen molar-refractivity contribution in [3.8, 4) is 6.07 Å². The molecule has 3 aromatic rings. The average Bonchev–Trinajstić information content (AvgIpc) is 3.48. The van der Waals surface area contributed by atoms with Gasteiger partial charge in [0.15, 0.2) is 23.7 Å². The molecule has 0 aromatic carbocycles. The molecule has 1 saturated heterocycles. The maximum Gasteiger partial charge on any atom is 0.407 e. The maximum atomic E-state index is 14.9. The number of aromatic nitrogens is 5. The standard InChI is InChI=1S/C20H23FN8O4/c1-10(2)24-20(30)33-14-9-32-17(16(14)21)13-4-15(28-27-13)26-19-23-6-11(5-22)18-25-12(8-31-3)7-29(18)19/h4,6-7,10,14,16-17H,8-9H2,1-3H3,(H,24,30)(H2,23,26,27,28)/t14-,16+,17-/m1/s1. The van der Waals surface area contributed by atoms with Crippen molar-refractivity contribution in [2.24, 2.45) is 0 Å². The molecule has 12 nitrogen and oxygen atoms in total. The number of hydrogen-bond donors (Lipinski definition) is 3. The summed E-state index contributed by atoms with van der Waals surface area (Å²) in [6, 6.07) is 3.50. The number of nitrogens with one attached hydrogen (secondary N) is 3. The molecule has 0 bridgehead atoms. The first kappa shape index (κ1) is 22.4. The number of amides is 1. The van der Waals surface area contributed by atoms with Crippen LogP contribution in [0, 0.1) is 11.3 Å². The number of alkyl halides is 1. The predicted octanol–water partition coefficient (Wildman–Crippen LogP) is 2.13. The minimum absolute atomic E-state index is 0.0752. The molecule has 174 valence electrons. The van der Waals surface area contributed by atoms with Gasteiger partial charge >= 0.3 is 6.09 Å². The third-order valence-electron chi connectivity index (χ3n) is 4.85. The first-order valence-corrected chi connectivity index (χ1v) is 10.2. The highest BCUT2D eigenvalue weighted by atomic mass is 19.1. The number of imidazole rings is 1. The number of rotatable bonds is 7. The maximum absolute atomic E-state index is 14.9. The predicted molar refractivity (Wildman–Crippen MR) is 112 cm³/mol. The zero-order valence-corrected chi connectivity index (χ0v) is 18.2. The number of H-pyrrole nitrogens is 1. The number of ether oxygens (including phenoxy) is 3. The molecule has 1 fully saturated rings. The van der Waals surface area contributed by atoms with Crippen LogP contribution in [0.25, 0.3) is 5.65 Å². The topological polar surface area (TPSA) is 151 Å². The van der Waals surface area contributed by atoms with Crippen LogP contribution in [-0.4, -0.2) is 62.7 Å². The zero-order chi connectivity index (χ0) is 23.5. The highest BCUT2D eigenvalue weighted by molar-refractivity contribution is 5.67. The van der Waals surface area contributed by atoms with E-state index in [2.05, 4.69) is 36.9 Å². The first-order valence-electron chi connectivity index (χ1n) is 10.2. The summed E-state index contributed by atoms with van der Waals surface area (Å²) in [5, 5.41) is 21.8. The monoisotopic (exact) mass is 458 g/mol. The fraction of sp³-hybridized carbons (Fsp3) is 0.450. The van der Waals surface area contributed by atoms with E-state index in [0.717, 1.165) is 0 Å². The molecule has 3 aromatic heterocycles. The van der Waals surface area contributed by atoms with Crippen LogP contribution in [0.1, 0.15) is 36.9 Å². The molecular formula is C20H23FN8O4. The number of methoxy groups -OCH3 is 1. The summed E-state index contributed by atoms with van der Waals surface area (Å²) in [7, 11) is 1.55. The second-order valence-corrected chi connectivity index (χ2v) is 7.74. The van der Waals surface area contributed by atoms with Crippen LogP contribution >= 0.6 is 0 Å². The molecule has 1 aliphatic heterocycles. The SMILES string of the molecule is COCc1cn2c(Nc3cc([C@H]4OC[C@@H](OC(=O)NC(C)C)[C@@H]4F)[nH]n3)ncc(C#N)c2n1. The Morgan fingerprint density at radius 2 is 2.33 bits per heavy atom. The molecule has 0 spiro atoms. The van der Waals surface area contributed by atoms with Gasteiger partial charge in [0.1, 0.15) is 17.7 Å². The second-order valence-electron chi connectivity index (χ2n) is 7.74. The highest BCUT2D eigenvalue weighted by Crippen LogP contribution is 2.33. The summed E-state index contributed by atoms with van der Waals surface area (Å²) < 4.78 is 32.2. The number of fused-ring (bicyclic) bond motifs is 1. The van der Waals surface area contributed by atoms with E-state index in [1.807, 2.05) is 0 Å². The number of carbonyl (C=O) groups excluding carboxylic acids is 1. The minimum atomic E-state index is -1.57. The van der Waals surface area contributed by atoms with Crippen LogP contribution in [0.5, 0.6) is 0 Å². The Hall–Kier alpha value is -3.76. The van der Waals surface area contributed by atoms with Gasteiger partial charge in [0.2, 0.25) is 5.95 Å². The van der Waals surface area contributed by atoms with Gasteiger partial charge in [0, 0.05) is 25.4 Å². The molecule has 4 rings (SSSR count). The van der Waals surface area contributed by atoms with Crippen molar-refractivity contribution in [2.75, 3.05) is 19.0 Å². The van der Waals surface area contributed by atoms with Crippen LogP contribution < -0.4 is 10.6 Å². The lowest BCUT2D eigenvalue weighted by Gasteiger charge is -2.16. The van der Waals surface area contributed by atoms with E-state index in [4.69, 9.17) is 14.2 Å². The van der Waals surface area contributed by atoms with Crippen molar-refractivity contribution < 1.29 is 23.4 Å². The second kappa shape index (κ2) is 9.39. The molecule has 0 unspecified atom stereocenters. The van der Waals surface area contributed by atoms with E-state index in [9.17, 15) is 14.4 Å². The van der Waals surface area contributed by atoms with E-state index in [1.165, 1.54) is 6.20 Å². The molecule has 0 aliphatic carbocycles. The van der Waals surface area contributed by atoms with Crippen LogP contribution in [0.3, 0.4) is 0 Å². The van der Waals surface area contributed by atoms with Gasteiger partial charge in [-0.2, -0.15) is 10.4 Å². The average molecular weight is 458 g/mol. The lowest BCUT2D eigenvalue weighted by Crippen LogP contribution is -2.36. The van der Waals surface area contributed by atoms with Crippen molar-refractivity contribution >= 4 is 23.5 Å². The van der Waals surface area contributed by atoms with Crippen molar-refractivity contribution in [3.05, 3.63) is 35.4 Å². The van der Waals surface area contributed by atoms with Gasteiger partial charge in [-0.25, -0.2) is 19.2 Å². The summed E-state index contributed by atoms with van der Waals surface area (Å²) in [4.78, 5) is 20.4. The molecular weight excluding hydrogens is 435 g/mol. The summed E-state index contributed by atoms with van der Waals surface area (Å²) in [5.41, 5.74) is 1.72. The number of nitrogens with zero attached hydrogens (tertiary/aromatic N) is 5. The quantitative estimate of drug-likeness (QED) is 0.483. The molecule has 33 heavy (non-hydrogen) atoms. The van der Waals surface area contributed by atoms with Gasteiger partial charge in [-0.3, -0.25) is 9.50 Å². The van der Waals surface area contributed by atoms with E-state index in [0.29, 0.717) is 34.4 Å². The molecule has 4 heterocycles. The third-order valence-corrected chi connectivity index (χ3v) is 4.85. The van der Waals surface area contributed by atoms with Crippen LogP contribution in [0.4, 0.5) is 21.0 Å². The van der Waals surface area contributed by atoms with Gasteiger partial charge in [0.25, 0.3) is 0 Å². The lowest BCUT2D eigenvalue weighted by atomic mass is 10.1. The van der Waals surface area contributed by atoms with Crippen molar-refractivity contribution in [1.29, 1.82) is 5.26 Å². The van der Waals surface area contributed by atoms with Crippen molar-refractivity contribution in [3.63, 3.8) is 0 Å². The molecule has 1 aliphatic rings. The molecule has 3 N–H and O–H groups in total. The Morgan fingerprint density at radius 1 is 1.52 bits per heavy atom. The normalized spacial score (nSPS) is 20.2. The number of hydrogen-bond acceptors (Lipinski definition) is 9. The van der Waals surface area contributed by atoms with Crippen LogP contribution in [0.2, 0.25) is 0 Å². The van der Waals surface area contributed by atoms with Crippen molar-refractivity contribution in [1.82, 2.24) is 29.9 Å². The molecule has 13 heteroatoms. The number of alkyl carbamates (subject to hydrolysis) is 1. The summed E-state index contributed by atoms with van der Waals surface area (Å²) in [6.07, 6.45) is -1.17. The van der Waals surface area contributed by atoms with Gasteiger partial charge in [-0.15, -0.1) is 0 Å². The van der Waals surface area contributed by atoms with Gasteiger partial charge in [0.05, 0.1) is 30.8 Å². The number of aromatic amines is 1. The number of halogens is 1. The van der Waals surface area contributed by atoms with Gasteiger partial charge < -0.3 is 24.8 Å². The Labute approximate surface area is 188 Å². The van der Waals surface area contributed by atoms with Gasteiger partial charge in [-0.05, 0) is 13.8 Å². The third kappa shape index (κ3) is 4.71. The minimum Gasteiger partial charge on any atom is -0.441 e. The Kier molecular flexibility index (Phi) is 6.38. The van der Waals surface area contributed by atoms with E-state index < -0.39 is 24.5 Å². The van der Waals surface area contributed by atoms with Crippen LogP contribution in [0.15, 0.2) is 18.5 Å². The molecule has 0 radical (unpaired) electrons. The fourth-order valence-corrected chi connectivity index (χ4v) is 3.42. The van der Waals surface area contributed by atoms with Crippen molar-refractivity contribution in [2.45, 2.75) is 44.9 Å². The van der Waals surface area contributed by atoms with E-state index in [1.54, 1.807) is 37.6 Å². The summed E-state index contributed by atoms with van der Waals surface area (Å²) in [5.74, 6) is 0.704. The van der Waals surface area contributed by atoms with E-state index in [-0.39, 0.29) is 19.3 Å². The Morgan fingerprint density at radius 3 is 3.06 bits per heavy atom. The fourth-order valence-electron chi connectivity index (χ4n) is 3.42. The smallest absolute Gasteiger partial charge is 0.407 e. The van der Waals surface area contributed by atoms with Gasteiger partial charge in [-0.1, -0.05) is 0 Å². The zero-order valence-electron chi connectivity index (χ0n) is 18.2. The first-order chi connectivity index (χ1) is 15.9. The number of nitriles is 1. The largest absolute Gasteiger partial charge is 0.441 e. The highest BCUT2D eigenvalue weighted by Gasteiger charge is 2.42. The number of anilines is 2.